The van der Waals surface area contributed by atoms with E-state index in [1.807, 2.05) is 0 Å². The van der Waals surface area contributed by atoms with E-state index in [0.29, 0.717) is 12.0 Å². The Balaban J connectivity index is 1.68. The number of benzene rings is 1. The summed E-state index contributed by atoms with van der Waals surface area (Å²) in [6.07, 6.45) is 5.53. The molecule has 0 unspecified atom stereocenters. The van der Waals surface area contributed by atoms with E-state index < -0.39 is 14.4 Å². The van der Waals surface area contributed by atoms with Crippen molar-refractivity contribution in [1.29, 1.82) is 0 Å². The van der Waals surface area contributed by atoms with Crippen molar-refractivity contribution < 1.29 is 14.0 Å². The SMILES string of the molecule is CN1CC[C@]23c4c5ccc(O[Si](C)(C)C(C)(C)C)c4O[C@@H]2C(=O)C=C[C@H]3[C@H]1C5. The zero-order valence-corrected chi connectivity index (χ0v) is 18.8. The van der Waals surface area contributed by atoms with Gasteiger partial charge in [-0.25, -0.2) is 0 Å². The van der Waals surface area contributed by atoms with Crippen LogP contribution in [-0.4, -0.2) is 44.7 Å². The molecule has 0 saturated carbocycles. The summed E-state index contributed by atoms with van der Waals surface area (Å²) in [4.78, 5) is 15.4. The molecule has 0 radical (unpaired) electrons. The van der Waals surface area contributed by atoms with E-state index in [2.05, 4.69) is 64.0 Å². The van der Waals surface area contributed by atoms with Crippen LogP contribution in [0.5, 0.6) is 11.5 Å². The van der Waals surface area contributed by atoms with Crippen molar-refractivity contribution in [2.45, 2.75) is 69.3 Å². The first kappa shape index (κ1) is 18.4. The molecule has 1 spiro atoms. The summed E-state index contributed by atoms with van der Waals surface area (Å²) in [6, 6.07) is 4.77. The highest BCUT2D eigenvalue weighted by molar-refractivity contribution is 6.74. The predicted octanol–water partition coefficient (Wildman–Crippen LogP) is 4.08. The molecule has 2 bridgehead atoms. The zero-order valence-electron chi connectivity index (χ0n) is 17.8. The predicted molar refractivity (Wildman–Crippen MR) is 113 cm³/mol. The van der Waals surface area contributed by atoms with Gasteiger partial charge in [0.1, 0.15) is 5.75 Å². The van der Waals surface area contributed by atoms with Gasteiger partial charge in [-0.2, -0.15) is 0 Å². The Kier molecular flexibility index (Phi) is 3.63. The molecule has 28 heavy (non-hydrogen) atoms. The van der Waals surface area contributed by atoms with Gasteiger partial charge in [-0.15, -0.1) is 0 Å². The zero-order chi connectivity index (χ0) is 20.1. The van der Waals surface area contributed by atoms with Crippen molar-refractivity contribution in [3.8, 4) is 11.5 Å². The molecule has 2 aliphatic heterocycles. The summed E-state index contributed by atoms with van der Waals surface area (Å²) in [7, 11) is 0.211. The van der Waals surface area contributed by atoms with Crippen LogP contribution in [0.2, 0.25) is 18.1 Å². The van der Waals surface area contributed by atoms with Gasteiger partial charge in [-0.1, -0.05) is 32.9 Å². The van der Waals surface area contributed by atoms with Gasteiger partial charge in [-0.05, 0) is 62.3 Å². The molecule has 5 heteroatoms. The molecule has 1 fully saturated rings. The standard InChI is InChI=1S/C23H31NO3Si/c1-22(2,3)28(5,6)27-18-10-7-14-13-16-15-8-9-17(25)21-23(15,11-12-24(16)4)19(14)20(18)26-21/h7-10,15-16,21H,11-13H2,1-6H3/t15-,16+,21+,23-/m0/s1. The minimum Gasteiger partial charge on any atom is -0.541 e. The maximum atomic E-state index is 12.9. The monoisotopic (exact) mass is 397 g/mol. The summed E-state index contributed by atoms with van der Waals surface area (Å²) in [5.74, 6) is 2.16. The van der Waals surface area contributed by atoms with Gasteiger partial charge in [0.05, 0.1) is 5.41 Å². The first-order valence-corrected chi connectivity index (χ1v) is 13.4. The molecule has 4 atom stereocenters. The Morgan fingerprint density at radius 1 is 1.29 bits per heavy atom. The van der Waals surface area contributed by atoms with Gasteiger partial charge in [0.15, 0.2) is 17.6 Å². The van der Waals surface area contributed by atoms with Crippen LogP contribution in [0.15, 0.2) is 24.3 Å². The Morgan fingerprint density at radius 3 is 2.75 bits per heavy atom. The van der Waals surface area contributed by atoms with E-state index in [0.717, 1.165) is 30.9 Å². The number of likely N-dealkylation sites (N-methyl/N-ethyl adjacent to an activating group) is 1. The van der Waals surface area contributed by atoms with Crippen molar-refractivity contribution in [3.63, 3.8) is 0 Å². The van der Waals surface area contributed by atoms with Crippen LogP contribution >= 0.6 is 0 Å². The van der Waals surface area contributed by atoms with Gasteiger partial charge in [-0.3, -0.25) is 4.79 Å². The Hall–Kier alpha value is -1.59. The Labute approximate surface area is 169 Å². The Bertz CT molecular complexity index is 900. The van der Waals surface area contributed by atoms with Gasteiger partial charge < -0.3 is 14.1 Å². The molecule has 0 aromatic heterocycles. The third kappa shape index (κ3) is 2.18. The fourth-order valence-electron chi connectivity index (χ4n) is 5.58. The minimum absolute atomic E-state index is 0.109. The van der Waals surface area contributed by atoms with Crippen molar-refractivity contribution in [3.05, 3.63) is 35.4 Å². The summed E-state index contributed by atoms with van der Waals surface area (Å²) < 4.78 is 13.2. The summed E-state index contributed by atoms with van der Waals surface area (Å²) in [5, 5.41) is 0.109. The number of ketones is 1. The summed E-state index contributed by atoms with van der Waals surface area (Å²) >= 11 is 0. The maximum absolute atomic E-state index is 12.9. The van der Waals surface area contributed by atoms with Crippen LogP contribution in [0.25, 0.3) is 0 Å². The second kappa shape index (κ2) is 5.51. The number of hydrogen-bond donors (Lipinski definition) is 0. The molecule has 2 aliphatic carbocycles. The number of carbonyl (C=O) groups excluding carboxylic acids is 1. The van der Waals surface area contributed by atoms with Crippen molar-refractivity contribution >= 4 is 14.1 Å². The molecule has 0 amide bonds. The number of rotatable bonds is 2. The fourth-order valence-corrected chi connectivity index (χ4v) is 6.60. The van der Waals surface area contributed by atoms with Crippen LogP contribution in [0.1, 0.15) is 38.3 Å². The van der Waals surface area contributed by atoms with Gasteiger partial charge >= 0.3 is 0 Å². The van der Waals surface area contributed by atoms with Gasteiger partial charge in [0.2, 0.25) is 0 Å². The number of piperidine rings is 1. The molecule has 2 heterocycles. The lowest BCUT2D eigenvalue weighted by Crippen LogP contribution is -2.64. The molecule has 0 N–H and O–H groups in total. The molecule has 1 saturated heterocycles. The smallest absolute Gasteiger partial charge is 0.250 e. The van der Waals surface area contributed by atoms with Crippen molar-refractivity contribution in [1.82, 2.24) is 4.90 Å². The first-order valence-electron chi connectivity index (χ1n) is 10.5. The van der Waals surface area contributed by atoms with E-state index in [1.54, 1.807) is 6.08 Å². The normalized spacial score (nSPS) is 33.5. The molecular weight excluding hydrogens is 366 g/mol. The van der Waals surface area contributed by atoms with E-state index in [9.17, 15) is 4.79 Å². The topological polar surface area (TPSA) is 38.8 Å². The maximum Gasteiger partial charge on any atom is 0.250 e. The van der Waals surface area contributed by atoms with Crippen molar-refractivity contribution in [2.75, 3.05) is 13.6 Å². The highest BCUT2D eigenvalue weighted by Crippen LogP contribution is 2.62. The number of ether oxygens (including phenoxy) is 1. The van der Waals surface area contributed by atoms with Crippen LogP contribution in [0, 0.1) is 5.92 Å². The second-order valence-electron chi connectivity index (χ2n) is 10.6. The number of nitrogens with zero attached hydrogens (tertiary/aromatic N) is 1. The lowest BCUT2D eigenvalue weighted by molar-refractivity contribution is -0.127. The Morgan fingerprint density at radius 2 is 2.04 bits per heavy atom. The van der Waals surface area contributed by atoms with E-state index in [-0.39, 0.29) is 16.2 Å². The van der Waals surface area contributed by atoms with Crippen LogP contribution in [0.4, 0.5) is 0 Å². The second-order valence-corrected chi connectivity index (χ2v) is 15.3. The first-order chi connectivity index (χ1) is 13.1. The number of likely N-dealkylation sites (tertiary alicyclic amines) is 1. The quantitative estimate of drug-likeness (QED) is 0.705. The van der Waals surface area contributed by atoms with Crippen LogP contribution in [0.3, 0.4) is 0 Å². The molecular formula is C23H31NO3Si. The van der Waals surface area contributed by atoms with Crippen LogP contribution < -0.4 is 9.16 Å². The lowest BCUT2D eigenvalue weighted by Gasteiger charge is -2.55. The molecule has 1 aromatic rings. The van der Waals surface area contributed by atoms with Gasteiger partial charge in [0, 0.05) is 17.5 Å². The molecule has 150 valence electrons. The number of carbonyl (C=O) groups is 1. The van der Waals surface area contributed by atoms with Crippen LogP contribution in [-0.2, 0) is 16.6 Å². The molecule has 5 rings (SSSR count). The number of hydrogen-bond acceptors (Lipinski definition) is 4. The van der Waals surface area contributed by atoms with Crippen molar-refractivity contribution in [2.24, 2.45) is 5.92 Å². The average molecular weight is 398 g/mol. The largest absolute Gasteiger partial charge is 0.541 e. The molecule has 4 aliphatic rings. The van der Waals surface area contributed by atoms with E-state index in [1.165, 1.54) is 11.1 Å². The molecule has 4 nitrogen and oxygen atoms in total. The van der Waals surface area contributed by atoms with E-state index >= 15 is 0 Å². The third-order valence-electron chi connectivity index (χ3n) is 8.16. The summed E-state index contributed by atoms with van der Waals surface area (Å²) in [5.41, 5.74) is 2.41. The summed E-state index contributed by atoms with van der Waals surface area (Å²) in [6.45, 7) is 12.3. The fraction of sp³-hybridized carbons (Fsp3) is 0.609. The lowest BCUT2D eigenvalue weighted by atomic mass is 9.53. The van der Waals surface area contributed by atoms with E-state index in [4.69, 9.17) is 9.16 Å². The highest BCUT2D eigenvalue weighted by atomic mass is 28.4. The molecule has 1 aromatic carbocycles. The third-order valence-corrected chi connectivity index (χ3v) is 12.5. The van der Waals surface area contributed by atoms with Gasteiger partial charge in [0.25, 0.3) is 8.32 Å². The average Bonchev–Trinajstić information content (AvgIpc) is 2.96. The highest BCUT2D eigenvalue weighted by Gasteiger charge is 2.64. The minimum atomic E-state index is -2.00.